The molecule has 3 heteroatoms. The quantitative estimate of drug-likeness (QED) is 0.624. The monoisotopic (exact) mass is 257 g/mol. The van der Waals surface area contributed by atoms with Gasteiger partial charge in [0.1, 0.15) is 0 Å². The van der Waals surface area contributed by atoms with Crippen LogP contribution in [0.3, 0.4) is 0 Å². The smallest absolute Gasteiger partial charge is 0.0897 e. The van der Waals surface area contributed by atoms with Gasteiger partial charge in [0, 0.05) is 19.2 Å². The molecule has 18 heavy (non-hydrogen) atoms. The number of ether oxygens (including phenoxy) is 1. The van der Waals surface area contributed by atoms with E-state index in [9.17, 15) is 5.11 Å². The molecule has 108 valence electrons. The number of unbranched alkanes of at least 4 members (excludes halogenated alkanes) is 1. The van der Waals surface area contributed by atoms with Gasteiger partial charge in [0.05, 0.1) is 12.7 Å². The minimum absolute atomic E-state index is 0.356. The van der Waals surface area contributed by atoms with E-state index in [1.54, 1.807) is 0 Å². The van der Waals surface area contributed by atoms with Gasteiger partial charge in [-0.05, 0) is 38.0 Å². The molecule has 0 spiro atoms. The van der Waals surface area contributed by atoms with E-state index < -0.39 is 0 Å². The molecule has 1 aliphatic rings. The fraction of sp³-hybridized carbons (Fsp3) is 1.00. The first kappa shape index (κ1) is 15.9. The Morgan fingerprint density at radius 1 is 1.22 bits per heavy atom. The summed E-state index contributed by atoms with van der Waals surface area (Å²) in [4.78, 5) is 0. The third-order valence-electron chi connectivity index (χ3n) is 4.02. The van der Waals surface area contributed by atoms with Crippen LogP contribution in [0.5, 0.6) is 0 Å². The summed E-state index contributed by atoms with van der Waals surface area (Å²) < 4.78 is 5.42. The predicted octanol–water partition coefficient (Wildman–Crippen LogP) is 2.72. The number of aliphatic hydroxyl groups excluding tert-OH is 1. The number of aliphatic hydroxyl groups is 1. The van der Waals surface area contributed by atoms with Crippen LogP contribution in [0.1, 0.15) is 58.8 Å². The van der Waals surface area contributed by atoms with Crippen molar-refractivity contribution in [3.05, 3.63) is 0 Å². The lowest BCUT2D eigenvalue weighted by Gasteiger charge is -2.29. The standard InChI is InChI=1S/C15H31NO2/c1-3-5-10-18-12-15(17)11-16-14-8-6-13(4-2)7-9-14/h13-17H,3-12H2,1-2H3. The molecule has 0 heterocycles. The topological polar surface area (TPSA) is 41.5 Å². The number of hydrogen-bond donors (Lipinski definition) is 2. The van der Waals surface area contributed by atoms with Gasteiger partial charge in [0.25, 0.3) is 0 Å². The first-order valence-corrected chi connectivity index (χ1v) is 7.75. The van der Waals surface area contributed by atoms with Gasteiger partial charge in [0.15, 0.2) is 0 Å². The van der Waals surface area contributed by atoms with Crippen LogP contribution in [0.25, 0.3) is 0 Å². The van der Waals surface area contributed by atoms with Crippen molar-refractivity contribution in [2.45, 2.75) is 70.9 Å². The number of nitrogens with one attached hydrogen (secondary N) is 1. The van der Waals surface area contributed by atoms with Crippen molar-refractivity contribution in [3.8, 4) is 0 Å². The lowest BCUT2D eigenvalue weighted by molar-refractivity contribution is 0.0336. The molecule has 1 atom stereocenters. The molecule has 0 saturated heterocycles. The van der Waals surface area contributed by atoms with Crippen LogP contribution in [0, 0.1) is 5.92 Å². The maximum atomic E-state index is 9.79. The molecular formula is C15H31NO2. The molecule has 1 saturated carbocycles. The van der Waals surface area contributed by atoms with Crippen LogP contribution >= 0.6 is 0 Å². The van der Waals surface area contributed by atoms with Gasteiger partial charge in [-0.3, -0.25) is 0 Å². The highest BCUT2D eigenvalue weighted by atomic mass is 16.5. The average Bonchev–Trinajstić information content (AvgIpc) is 2.42. The Bertz CT molecular complexity index is 191. The zero-order valence-electron chi connectivity index (χ0n) is 12.2. The van der Waals surface area contributed by atoms with Gasteiger partial charge in [-0.25, -0.2) is 0 Å². The van der Waals surface area contributed by atoms with E-state index >= 15 is 0 Å². The highest BCUT2D eigenvalue weighted by Crippen LogP contribution is 2.26. The first-order valence-electron chi connectivity index (χ1n) is 7.75. The molecule has 0 radical (unpaired) electrons. The van der Waals surface area contributed by atoms with Gasteiger partial charge < -0.3 is 15.2 Å². The summed E-state index contributed by atoms with van der Waals surface area (Å²) in [5.41, 5.74) is 0. The van der Waals surface area contributed by atoms with Crippen molar-refractivity contribution in [2.24, 2.45) is 5.92 Å². The lowest BCUT2D eigenvalue weighted by Crippen LogP contribution is -2.39. The minimum atomic E-state index is -0.356. The zero-order chi connectivity index (χ0) is 13.2. The summed E-state index contributed by atoms with van der Waals surface area (Å²) in [5, 5.41) is 13.3. The van der Waals surface area contributed by atoms with E-state index in [2.05, 4.69) is 19.2 Å². The molecular weight excluding hydrogens is 226 g/mol. The van der Waals surface area contributed by atoms with Gasteiger partial charge >= 0.3 is 0 Å². The van der Waals surface area contributed by atoms with Crippen LogP contribution in [0.2, 0.25) is 0 Å². The van der Waals surface area contributed by atoms with E-state index in [-0.39, 0.29) is 6.10 Å². The van der Waals surface area contributed by atoms with Gasteiger partial charge in [0.2, 0.25) is 0 Å². The second-order valence-electron chi connectivity index (χ2n) is 5.62. The third kappa shape index (κ3) is 6.72. The summed E-state index contributed by atoms with van der Waals surface area (Å²) in [6.45, 7) is 6.35. The van der Waals surface area contributed by atoms with Crippen molar-refractivity contribution in [1.82, 2.24) is 5.32 Å². The molecule has 1 unspecified atom stereocenters. The highest BCUT2D eigenvalue weighted by Gasteiger charge is 2.19. The fourth-order valence-corrected chi connectivity index (χ4v) is 2.60. The Hall–Kier alpha value is -0.120. The van der Waals surface area contributed by atoms with Gasteiger partial charge in [-0.15, -0.1) is 0 Å². The van der Waals surface area contributed by atoms with Crippen molar-refractivity contribution >= 4 is 0 Å². The summed E-state index contributed by atoms with van der Waals surface area (Å²) >= 11 is 0. The molecule has 0 amide bonds. The van der Waals surface area contributed by atoms with E-state index in [1.165, 1.54) is 32.1 Å². The molecule has 1 rings (SSSR count). The molecule has 0 bridgehead atoms. The molecule has 1 aliphatic carbocycles. The maximum absolute atomic E-state index is 9.79. The molecule has 0 aromatic rings. The Morgan fingerprint density at radius 2 is 1.94 bits per heavy atom. The molecule has 1 fully saturated rings. The number of rotatable bonds is 9. The Kier molecular flexibility index (Phi) is 8.64. The Morgan fingerprint density at radius 3 is 2.56 bits per heavy atom. The largest absolute Gasteiger partial charge is 0.389 e. The minimum Gasteiger partial charge on any atom is -0.389 e. The van der Waals surface area contributed by atoms with E-state index in [1.807, 2.05) is 0 Å². The molecule has 2 N–H and O–H groups in total. The first-order chi connectivity index (χ1) is 8.76. The molecule has 0 aromatic heterocycles. The zero-order valence-corrected chi connectivity index (χ0v) is 12.2. The van der Waals surface area contributed by atoms with Crippen LogP contribution in [0.15, 0.2) is 0 Å². The van der Waals surface area contributed by atoms with Crippen molar-refractivity contribution in [1.29, 1.82) is 0 Å². The van der Waals surface area contributed by atoms with Crippen molar-refractivity contribution in [3.63, 3.8) is 0 Å². The van der Waals surface area contributed by atoms with Gasteiger partial charge in [-0.1, -0.05) is 26.7 Å². The maximum Gasteiger partial charge on any atom is 0.0897 e. The predicted molar refractivity (Wildman–Crippen MR) is 75.8 cm³/mol. The summed E-state index contributed by atoms with van der Waals surface area (Å²) in [7, 11) is 0. The second-order valence-corrected chi connectivity index (χ2v) is 5.62. The van der Waals surface area contributed by atoms with E-state index in [4.69, 9.17) is 4.74 Å². The Labute approximate surface area is 112 Å². The van der Waals surface area contributed by atoms with Crippen molar-refractivity contribution < 1.29 is 9.84 Å². The molecule has 0 aromatic carbocycles. The van der Waals surface area contributed by atoms with Gasteiger partial charge in [-0.2, -0.15) is 0 Å². The summed E-state index contributed by atoms with van der Waals surface area (Å²) in [5.74, 6) is 0.936. The van der Waals surface area contributed by atoms with E-state index in [0.717, 1.165) is 25.4 Å². The summed E-state index contributed by atoms with van der Waals surface area (Å²) in [6.07, 6.45) is 8.42. The average molecular weight is 257 g/mol. The highest BCUT2D eigenvalue weighted by molar-refractivity contribution is 4.77. The summed E-state index contributed by atoms with van der Waals surface area (Å²) in [6, 6.07) is 0.609. The van der Waals surface area contributed by atoms with Crippen LogP contribution in [-0.2, 0) is 4.74 Å². The van der Waals surface area contributed by atoms with Crippen LogP contribution in [0.4, 0.5) is 0 Å². The van der Waals surface area contributed by atoms with E-state index in [0.29, 0.717) is 19.2 Å². The second kappa shape index (κ2) is 9.76. The molecule has 0 aliphatic heterocycles. The lowest BCUT2D eigenvalue weighted by atomic mass is 9.84. The SMILES string of the molecule is CCCCOCC(O)CNC1CCC(CC)CC1. The Balaban J connectivity index is 1.99. The van der Waals surface area contributed by atoms with Crippen molar-refractivity contribution in [2.75, 3.05) is 19.8 Å². The normalized spacial score (nSPS) is 26.2. The molecule has 3 nitrogen and oxygen atoms in total. The third-order valence-corrected chi connectivity index (χ3v) is 4.02. The van der Waals surface area contributed by atoms with Crippen LogP contribution in [-0.4, -0.2) is 37.0 Å². The fourth-order valence-electron chi connectivity index (χ4n) is 2.60. The number of hydrogen-bond acceptors (Lipinski definition) is 3. The van der Waals surface area contributed by atoms with Crippen LogP contribution < -0.4 is 5.32 Å².